The van der Waals surface area contributed by atoms with Crippen LogP contribution < -0.4 is 4.74 Å². The largest absolute Gasteiger partial charge is 0.514 e. The third kappa shape index (κ3) is 8.78. The molecule has 0 atom stereocenters. The molecule has 0 radical (unpaired) electrons. The van der Waals surface area contributed by atoms with E-state index in [-0.39, 0.29) is 5.41 Å². The number of hydrogen-bond donors (Lipinski definition) is 0. The molecule has 0 heterocycles. The molecule has 2 rings (SSSR count). The van der Waals surface area contributed by atoms with Crippen LogP contribution in [0.3, 0.4) is 0 Å². The van der Waals surface area contributed by atoms with Gasteiger partial charge in [-0.15, -0.1) is 11.5 Å². The number of hydrogen-bond acceptors (Lipinski definition) is 5. The van der Waals surface area contributed by atoms with E-state index in [9.17, 15) is 4.79 Å². The van der Waals surface area contributed by atoms with Crippen molar-refractivity contribution in [2.24, 2.45) is 10.3 Å². The Morgan fingerprint density at radius 2 is 1.67 bits per heavy atom. The van der Waals surface area contributed by atoms with Gasteiger partial charge in [0.2, 0.25) is 0 Å². The minimum absolute atomic E-state index is 0.350. The van der Waals surface area contributed by atoms with Gasteiger partial charge >= 0.3 is 6.16 Å². The summed E-state index contributed by atoms with van der Waals surface area (Å²) in [5.74, 6) is 9.31. The molecule has 0 aliphatic heterocycles. The molecule has 6 heteroatoms. The molecular formula is C30H37N3O3. The Bertz CT molecular complexity index is 1180. The van der Waals surface area contributed by atoms with Crippen LogP contribution in [0.4, 0.5) is 10.5 Å². The van der Waals surface area contributed by atoms with E-state index in [0.29, 0.717) is 16.9 Å². The number of terminal acetylenes is 1. The summed E-state index contributed by atoms with van der Waals surface area (Å²) in [7, 11) is 0. The van der Waals surface area contributed by atoms with Gasteiger partial charge in [-0.25, -0.2) is 4.79 Å². The van der Waals surface area contributed by atoms with E-state index in [4.69, 9.17) is 15.9 Å². The van der Waals surface area contributed by atoms with Gasteiger partial charge in [-0.3, -0.25) is 5.01 Å². The molecule has 0 spiro atoms. The highest BCUT2D eigenvalue weighted by atomic mass is 16.7. The fourth-order valence-electron chi connectivity index (χ4n) is 3.22. The lowest BCUT2D eigenvalue weighted by Crippen LogP contribution is -2.27. The first-order chi connectivity index (χ1) is 16.9. The van der Waals surface area contributed by atoms with Gasteiger partial charge in [-0.05, 0) is 75.9 Å². The second kappa shape index (κ2) is 12.3. The van der Waals surface area contributed by atoms with Gasteiger partial charge in [-0.1, -0.05) is 50.7 Å². The third-order valence-corrected chi connectivity index (χ3v) is 4.98. The van der Waals surface area contributed by atoms with Crippen molar-refractivity contribution in [2.45, 2.75) is 72.8 Å². The van der Waals surface area contributed by atoms with Crippen molar-refractivity contribution < 1.29 is 14.3 Å². The van der Waals surface area contributed by atoms with E-state index in [0.717, 1.165) is 36.3 Å². The predicted octanol–water partition coefficient (Wildman–Crippen LogP) is 7.41. The second-order valence-corrected chi connectivity index (χ2v) is 10.4. The molecule has 0 fully saturated rings. The van der Waals surface area contributed by atoms with Gasteiger partial charge in [0.05, 0.1) is 11.3 Å². The van der Waals surface area contributed by atoms with Crippen molar-refractivity contribution in [3.05, 3.63) is 58.7 Å². The molecule has 0 N–H and O–H groups in total. The monoisotopic (exact) mass is 487 g/mol. The highest BCUT2D eigenvalue weighted by Crippen LogP contribution is 2.35. The van der Waals surface area contributed by atoms with Gasteiger partial charge in [-0.2, -0.15) is 0 Å². The maximum Gasteiger partial charge on any atom is 0.514 e. The zero-order valence-electron chi connectivity index (χ0n) is 22.7. The van der Waals surface area contributed by atoms with E-state index in [1.165, 1.54) is 0 Å². The smallest absolute Gasteiger partial charge is 0.428 e. The van der Waals surface area contributed by atoms with Crippen LogP contribution in [0.5, 0.6) is 5.75 Å². The molecule has 36 heavy (non-hydrogen) atoms. The van der Waals surface area contributed by atoms with Gasteiger partial charge in [0.1, 0.15) is 5.60 Å². The van der Waals surface area contributed by atoms with Gasteiger partial charge in [0.15, 0.2) is 5.75 Å². The summed E-state index contributed by atoms with van der Waals surface area (Å²) in [6, 6.07) is 11.1. The maximum absolute atomic E-state index is 12.5. The van der Waals surface area contributed by atoms with Gasteiger partial charge in [0.25, 0.3) is 0 Å². The predicted molar refractivity (Wildman–Crippen MR) is 144 cm³/mol. The highest BCUT2D eigenvalue weighted by molar-refractivity contribution is 5.69. The molecule has 2 aromatic rings. The van der Waals surface area contributed by atoms with E-state index in [1.54, 1.807) is 26.8 Å². The summed E-state index contributed by atoms with van der Waals surface area (Å²) < 4.78 is 11.1. The molecule has 0 aliphatic carbocycles. The van der Waals surface area contributed by atoms with Crippen molar-refractivity contribution >= 4 is 11.8 Å². The van der Waals surface area contributed by atoms with Crippen LogP contribution in [0.25, 0.3) is 0 Å². The van der Waals surface area contributed by atoms with E-state index in [1.807, 2.05) is 56.1 Å². The van der Waals surface area contributed by atoms with Crippen LogP contribution in [0, 0.1) is 24.2 Å². The van der Waals surface area contributed by atoms with Gasteiger partial charge in [0, 0.05) is 29.8 Å². The van der Waals surface area contributed by atoms with Crippen molar-refractivity contribution in [3.8, 4) is 29.9 Å². The summed E-state index contributed by atoms with van der Waals surface area (Å²) in [5.41, 5.74) is 2.43. The van der Waals surface area contributed by atoms with E-state index < -0.39 is 11.8 Å². The first-order valence-electron chi connectivity index (χ1n) is 12.2. The molecule has 190 valence electrons. The summed E-state index contributed by atoms with van der Waals surface area (Å²) >= 11 is 0. The summed E-state index contributed by atoms with van der Waals surface area (Å²) in [5, 5.41) is 10.5. The van der Waals surface area contributed by atoms with Crippen LogP contribution in [0.2, 0.25) is 0 Å². The van der Waals surface area contributed by atoms with E-state index >= 15 is 0 Å². The molecule has 0 aliphatic rings. The number of carbonyl (C=O) groups is 1. The van der Waals surface area contributed by atoms with Crippen LogP contribution >= 0.6 is 0 Å². The maximum atomic E-state index is 12.5. The second-order valence-electron chi connectivity index (χ2n) is 10.4. The molecule has 0 bridgehead atoms. The lowest BCUT2D eigenvalue weighted by molar-refractivity contribution is 0.0202. The Labute approximate surface area is 216 Å². The van der Waals surface area contributed by atoms with Crippen molar-refractivity contribution in [1.29, 1.82) is 0 Å². The average Bonchev–Trinajstić information content (AvgIpc) is 2.79. The molecular weight excluding hydrogens is 450 g/mol. The molecule has 0 saturated carbocycles. The molecule has 2 aromatic carbocycles. The normalized spacial score (nSPS) is 11.4. The van der Waals surface area contributed by atoms with Crippen LogP contribution in [-0.2, 0) is 10.2 Å². The number of benzene rings is 2. The Morgan fingerprint density at radius 1 is 1.00 bits per heavy atom. The van der Waals surface area contributed by atoms with E-state index in [2.05, 4.69) is 41.9 Å². The number of nitrogens with zero attached hydrogens (tertiary/aromatic N) is 3. The topological polar surface area (TPSA) is 63.5 Å². The minimum Gasteiger partial charge on any atom is -0.428 e. The molecule has 0 unspecified atom stereocenters. The lowest BCUT2D eigenvalue weighted by atomic mass is 9.84. The molecule has 6 nitrogen and oxygen atoms in total. The van der Waals surface area contributed by atoms with Crippen molar-refractivity contribution in [1.82, 2.24) is 5.01 Å². The lowest BCUT2D eigenvalue weighted by Gasteiger charge is -2.25. The zero-order valence-corrected chi connectivity index (χ0v) is 22.7. The Balaban J connectivity index is 2.44. The first kappa shape index (κ1) is 28.5. The van der Waals surface area contributed by atoms with Crippen molar-refractivity contribution in [3.63, 3.8) is 0 Å². The quantitative estimate of drug-likeness (QED) is 0.140. The standard InChI is InChI=1S/C30H37N3O3/c1-10-19-33(12-3)32-31-25-17-14-23(15-18-25)13-16-24-20-22(11-2)21-26(29(4,5)6)27(24)35-28(34)36-30(7,8)9/h2,14-15,17-18,20-21H,10,12,19H2,1,3-9H3. The Morgan fingerprint density at radius 3 is 2.19 bits per heavy atom. The third-order valence-electron chi connectivity index (χ3n) is 4.98. The van der Waals surface area contributed by atoms with Crippen LogP contribution in [0.15, 0.2) is 46.7 Å². The van der Waals surface area contributed by atoms with Crippen LogP contribution in [0.1, 0.15) is 84.1 Å². The fourth-order valence-corrected chi connectivity index (χ4v) is 3.22. The SMILES string of the molecule is C#Cc1cc(C#Cc2ccc(N=NN(CC)CCC)cc2)c(OC(=O)OC(C)(C)C)c(C(C)(C)C)c1. The highest BCUT2D eigenvalue weighted by Gasteiger charge is 2.26. The Hall–Kier alpha value is -3.77. The summed E-state index contributed by atoms with van der Waals surface area (Å²) in [6.07, 6.45) is 5.94. The Kier molecular flexibility index (Phi) is 9.70. The number of ether oxygens (including phenoxy) is 2. The number of carbonyl (C=O) groups excluding carboxylic acids is 1. The molecule has 0 aromatic heterocycles. The first-order valence-corrected chi connectivity index (χ1v) is 12.2. The van der Waals surface area contributed by atoms with Crippen LogP contribution in [-0.4, -0.2) is 29.9 Å². The van der Waals surface area contributed by atoms with Gasteiger partial charge < -0.3 is 9.47 Å². The average molecular weight is 488 g/mol. The summed E-state index contributed by atoms with van der Waals surface area (Å²) in [4.78, 5) is 12.5. The fraction of sp³-hybridized carbons (Fsp3) is 0.433. The molecule has 0 amide bonds. The van der Waals surface area contributed by atoms with Crippen molar-refractivity contribution in [2.75, 3.05) is 13.1 Å². The molecule has 0 saturated heterocycles. The minimum atomic E-state index is -0.789. The zero-order chi connectivity index (χ0) is 26.9. The summed E-state index contributed by atoms with van der Waals surface area (Å²) in [6.45, 7) is 17.3. The number of rotatable bonds is 6.